The molecule has 5 heteroatoms. The summed E-state index contributed by atoms with van der Waals surface area (Å²) >= 11 is 0. The molecule has 128 valence electrons. The third-order valence-electron chi connectivity index (χ3n) is 4.74. The number of anilines is 1. The lowest BCUT2D eigenvalue weighted by Crippen LogP contribution is -2.41. The Morgan fingerprint density at radius 2 is 1.96 bits per heavy atom. The van der Waals surface area contributed by atoms with Crippen LogP contribution >= 0.6 is 0 Å². The minimum atomic E-state index is -0.667. The first kappa shape index (κ1) is 16.7. The molecular formula is C19H23NO4. The Kier molecular flexibility index (Phi) is 3.78. The number of nitrogens with zero attached hydrogens (tertiary/aromatic N) is 1. The zero-order valence-electron chi connectivity index (χ0n) is 14.6. The Bertz CT molecular complexity index is 718. The van der Waals surface area contributed by atoms with Crippen molar-refractivity contribution in [1.82, 2.24) is 0 Å². The summed E-state index contributed by atoms with van der Waals surface area (Å²) in [5, 5.41) is 0. The van der Waals surface area contributed by atoms with Crippen molar-refractivity contribution >= 4 is 23.5 Å². The molecule has 24 heavy (non-hydrogen) atoms. The van der Waals surface area contributed by atoms with Crippen molar-refractivity contribution in [1.29, 1.82) is 0 Å². The largest absolute Gasteiger partial charge is 0.443 e. The van der Waals surface area contributed by atoms with Gasteiger partial charge in [-0.15, -0.1) is 0 Å². The van der Waals surface area contributed by atoms with Gasteiger partial charge in [0.1, 0.15) is 11.4 Å². The van der Waals surface area contributed by atoms with Crippen LogP contribution in [0.5, 0.6) is 0 Å². The number of hydrogen-bond acceptors (Lipinski definition) is 4. The lowest BCUT2D eigenvalue weighted by atomic mass is 9.93. The number of Topliss-reactive ketones (excluding diaryl/α,β-unsaturated/α-hetero) is 1. The number of benzene rings is 1. The molecule has 3 rings (SSSR count). The van der Waals surface area contributed by atoms with E-state index in [1.54, 1.807) is 33.8 Å². The van der Waals surface area contributed by atoms with E-state index < -0.39 is 17.1 Å². The van der Waals surface area contributed by atoms with Crippen LogP contribution in [-0.4, -0.2) is 23.4 Å². The Hall–Kier alpha value is -2.17. The van der Waals surface area contributed by atoms with Gasteiger partial charge in [-0.1, -0.05) is 18.2 Å². The number of hydrogen-bond donors (Lipinski definition) is 0. The Morgan fingerprint density at radius 1 is 1.29 bits per heavy atom. The first-order chi connectivity index (χ1) is 11.2. The van der Waals surface area contributed by atoms with Gasteiger partial charge in [0, 0.05) is 6.42 Å². The summed E-state index contributed by atoms with van der Waals surface area (Å²) in [6, 6.07) is 7.39. The van der Waals surface area contributed by atoms with Crippen LogP contribution in [0.1, 0.15) is 52.5 Å². The highest BCUT2D eigenvalue weighted by Gasteiger charge is 2.67. The molecule has 2 aliphatic rings. The number of ketones is 1. The number of amides is 2. The van der Waals surface area contributed by atoms with E-state index in [4.69, 9.17) is 4.74 Å². The van der Waals surface area contributed by atoms with Crippen molar-refractivity contribution < 1.29 is 19.1 Å². The van der Waals surface area contributed by atoms with Crippen molar-refractivity contribution in [2.45, 2.75) is 58.0 Å². The summed E-state index contributed by atoms with van der Waals surface area (Å²) < 4.78 is 5.42. The average Bonchev–Trinajstić information content (AvgIpc) is 3.13. The molecule has 0 saturated heterocycles. The highest BCUT2D eigenvalue weighted by atomic mass is 16.6. The molecule has 0 unspecified atom stereocenters. The van der Waals surface area contributed by atoms with Crippen LogP contribution in [0.4, 0.5) is 10.5 Å². The molecule has 0 aromatic heterocycles. The number of para-hydroxylation sites is 1. The van der Waals surface area contributed by atoms with Gasteiger partial charge in [-0.25, -0.2) is 9.69 Å². The molecule has 1 aromatic carbocycles. The summed E-state index contributed by atoms with van der Waals surface area (Å²) in [6.45, 7) is 6.90. The second kappa shape index (κ2) is 5.43. The highest BCUT2D eigenvalue weighted by Crippen LogP contribution is 2.63. The average molecular weight is 329 g/mol. The summed E-state index contributed by atoms with van der Waals surface area (Å²) in [7, 11) is 0. The number of carbonyl (C=O) groups is 3. The monoisotopic (exact) mass is 329 g/mol. The zero-order valence-corrected chi connectivity index (χ0v) is 14.6. The molecule has 1 spiro atoms. The fourth-order valence-corrected chi connectivity index (χ4v) is 3.61. The summed E-state index contributed by atoms with van der Waals surface area (Å²) in [6.07, 6.45) is 1.20. The molecule has 1 aromatic rings. The van der Waals surface area contributed by atoms with Gasteiger partial charge in [0.05, 0.1) is 11.1 Å². The van der Waals surface area contributed by atoms with Crippen molar-refractivity contribution in [2.75, 3.05) is 4.90 Å². The van der Waals surface area contributed by atoms with E-state index in [0.717, 1.165) is 5.56 Å². The van der Waals surface area contributed by atoms with Crippen LogP contribution in [-0.2, 0) is 19.7 Å². The number of carbonyl (C=O) groups excluding carboxylic acids is 3. The molecule has 0 bridgehead atoms. The SMILES string of the molecule is CC(=O)CC[C@H]1C[C@]12C(=O)N(C(=O)OC(C)(C)C)c1ccccc12. The third kappa shape index (κ3) is 2.62. The molecule has 5 nitrogen and oxygen atoms in total. The first-order valence-corrected chi connectivity index (χ1v) is 8.33. The van der Waals surface area contributed by atoms with E-state index in [9.17, 15) is 14.4 Å². The zero-order chi connectivity index (χ0) is 17.7. The number of imide groups is 1. The Morgan fingerprint density at radius 3 is 2.58 bits per heavy atom. The fourth-order valence-electron chi connectivity index (χ4n) is 3.61. The lowest BCUT2D eigenvalue weighted by Gasteiger charge is -2.24. The highest BCUT2D eigenvalue weighted by molar-refractivity contribution is 6.22. The van der Waals surface area contributed by atoms with E-state index in [2.05, 4.69) is 0 Å². The fraction of sp³-hybridized carbons (Fsp3) is 0.526. The van der Waals surface area contributed by atoms with Crippen LogP contribution < -0.4 is 4.90 Å². The van der Waals surface area contributed by atoms with Gasteiger partial charge >= 0.3 is 6.09 Å². The van der Waals surface area contributed by atoms with Gasteiger partial charge in [0.25, 0.3) is 0 Å². The van der Waals surface area contributed by atoms with Gasteiger partial charge in [0.15, 0.2) is 0 Å². The van der Waals surface area contributed by atoms with E-state index in [-0.39, 0.29) is 17.6 Å². The maximum Gasteiger partial charge on any atom is 0.421 e. The minimum Gasteiger partial charge on any atom is -0.443 e. The minimum absolute atomic E-state index is 0.113. The molecule has 0 N–H and O–H groups in total. The van der Waals surface area contributed by atoms with E-state index in [1.165, 1.54) is 4.90 Å². The standard InChI is InChI=1S/C19H23NO4/c1-12(21)9-10-13-11-19(13)14-7-5-6-8-15(14)20(16(19)22)17(23)24-18(2,3)4/h5-8,13H,9-11H2,1-4H3/t13-,19-/m0/s1. The molecule has 1 heterocycles. The predicted molar refractivity (Wildman–Crippen MR) is 89.9 cm³/mol. The van der Waals surface area contributed by atoms with Crippen LogP contribution in [0, 0.1) is 5.92 Å². The van der Waals surface area contributed by atoms with E-state index in [1.807, 2.05) is 18.2 Å². The van der Waals surface area contributed by atoms with Gasteiger partial charge in [0.2, 0.25) is 5.91 Å². The van der Waals surface area contributed by atoms with Gasteiger partial charge in [-0.05, 0) is 58.1 Å². The van der Waals surface area contributed by atoms with Crippen molar-refractivity contribution in [3.05, 3.63) is 29.8 Å². The molecule has 1 aliphatic heterocycles. The van der Waals surface area contributed by atoms with Crippen LogP contribution in [0.3, 0.4) is 0 Å². The molecule has 2 amide bonds. The number of rotatable bonds is 3. The van der Waals surface area contributed by atoms with Crippen LogP contribution in [0.15, 0.2) is 24.3 Å². The number of ether oxygens (including phenoxy) is 1. The van der Waals surface area contributed by atoms with Crippen LogP contribution in [0.2, 0.25) is 0 Å². The van der Waals surface area contributed by atoms with E-state index in [0.29, 0.717) is 24.9 Å². The Balaban J connectivity index is 1.91. The van der Waals surface area contributed by atoms with Gasteiger partial charge < -0.3 is 9.53 Å². The third-order valence-corrected chi connectivity index (χ3v) is 4.74. The molecule has 1 aliphatic carbocycles. The van der Waals surface area contributed by atoms with Crippen molar-refractivity contribution in [2.24, 2.45) is 5.92 Å². The quantitative estimate of drug-likeness (QED) is 0.850. The number of fused-ring (bicyclic) bond motifs is 2. The van der Waals surface area contributed by atoms with Crippen LogP contribution in [0.25, 0.3) is 0 Å². The predicted octanol–water partition coefficient (Wildman–Crippen LogP) is 3.60. The van der Waals surface area contributed by atoms with Gasteiger partial charge in [-0.3, -0.25) is 4.79 Å². The topological polar surface area (TPSA) is 63.7 Å². The maximum absolute atomic E-state index is 13.1. The second-order valence-electron chi connectivity index (χ2n) is 7.75. The summed E-state index contributed by atoms with van der Waals surface area (Å²) in [5.74, 6) is 0.0220. The first-order valence-electron chi connectivity index (χ1n) is 8.33. The Labute approximate surface area is 142 Å². The summed E-state index contributed by atoms with van der Waals surface area (Å²) in [4.78, 5) is 38.1. The van der Waals surface area contributed by atoms with E-state index >= 15 is 0 Å². The summed E-state index contributed by atoms with van der Waals surface area (Å²) in [5.41, 5.74) is 0.180. The molecular weight excluding hydrogens is 306 g/mol. The van der Waals surface area contributed by atoms with Gasteiger partial charge in [-0.2, -0.15) is 0 Å². The lowest BCUT2D eigenvalue weighted by molar-refractivity contribution is -0.121. The van der Waals surface area contributed by atoms with Crippen molar-refractivity contribution in [3.8, 4) is 0 Å². The second-order valence-corrected chi connectivity index (χ2v) is 7.75. The molecule has 1 saturated carbocycles. The van der Waals surface area contributed by atoms with Crippen molar-refractivity contribution in [3.63, 3.8) is 0 Å². The maximum atomic E-state index is 13.1. The molecule has 0 radical (unpaired) electrons. The smallest absolute Gasteiger partial charge is 0.421 e. The molecule has 1 fully saturated rings. The molecule has 2 atom stereocenters. The normalized spacial score (nSPS) is 24.9.